The molecule has 0 aromatic heterocycles. The van der Waals surface area contributed by atoms with Crippen molar-refractivity contribution in [2.45, 2.75) is 32.2 Å². The molecule has 1 rings (SSSR count). The Labute approximate surface area is 113 Å². The second-order valence-electron chi connectivity index (χ2n) is 4.85. The molecule has 3 N–H and O–H groups in total. The first-order chi connectivity index (χ1) is 8.82. The van der Waals surface area contributed by atoms with Gasteiger partial charge < -0.3 is 15.7 Å². The van der Waals surface area contributed by atoms with Crippen molar-refractivity contribution in [2.75, 3.05) is 11.9 Å². The standard InChI is InChI=1S/C14H20N2O3/c1-9(2)10-4-6-11(7-5-10)16(3)13(17)8-12(15)14(18)19/h4-7,9,12H,8,15H2,1-3H3,(H,18,19). The third-order valence-electron chi connectivity index (χ3n) is 3.03. The molecule has 0 heterocycles. The molecule has 0 saturated carbocycles. The lowest BCUT2D eigenvalue weighted by Gasteiger charge is -2.19. The number of hydrogen-bond acceptors (Lipinski definition) is 3. The number of benzene rings is 1. The van der Waals surface area contributed by atoms with Crippen LogP contribution in [0.5, 0.6) is 0 Å². The van der Waals surface area contributed by atoms with Crippen LogP contribution in [0.3, 0.4) is 0 Å². The summed E-state index contributed by atoms with van der Waals surface area (Å²) in [6.07, 6.45) is -0.211. The molecule has 0 bridgehead atoms. The summed E-state index contributed by atoms with van der Waals surface area (Å²) in [5, 5.41) is 8.68. The molecular formula is C14H20N2O3. The van der Waals surface area contributed by atoms with Crippen LogP contribution < -0.4 is 10.6 Å². The number of aliphatic carboxylic acids is 1. The van der Waals surface area contributed by atoms with Gasteiger partial charge in [0.2, 0.25) is 5.91 Å². The lowest BCUT2D eigenvalue weighted by molar-refractivity contribution is -0.140. The summed E-state index contributed by atoms with van der Waals surface area (Å²) in [6.45, 7) is 4.19. The van der Waals surface area contributed by atoms with Crippen molar-refractivity contribution >= 4 is 17.6 Å². The van der Waals surface area contributed by atoms with Gasteiger partial charge in [-0.15, -0.1) is 0 Å². The number of amides is 1. The third-order valence-corrected chi connectivity index (χ3v) is 3.03. The molecular weight excluding hydrogens is 244 g/mol. The molecule has 1 unspecified atom stereocenters. The first kappa shape index (κ1) is 15.2. The number of anilines is 1. The van der Waals surface area contributed by atoms with Crippen molar-refractivity contribution in [3.05, 3.63) is 29.8 Å². The molecule has 1 aromatic rings. The Bertz CT molecular complexity index is 454. The van der Waals surface area contributed by atoms with Crippen LogP contribution >= 0.6 is 0 Å². The van der Waals surface area contributed by atoms with Crippen LogP contribution in [0, 0.1) is 0 Å². The van der Waals surface area contributed by atoms with Gasteiger partial charge in [0.25, 0.3) is 0 Å². The minimum Gasteiger partial charge on any atom is -0.480 e. The molecule has 1 aromatic carbocycles. The molecule has 5 heteroatoms. The average Bonchev–Trinajstić information content (AvgIpc) is 2.37. The molecule has 1 atom stereocenters. The Morgan fingerprint density at radius 2 is 1.79 bits per heavy atom. The molecule has 104 valence electrons. The minimum atomic E-state index is -1.17. The molecule has 1 amide bonds. The fourth-order valence-corrected chi connectivity index (χ4v) is 1.64. The highest BCUT2D eigenvalue weighted by atomic mass is 16.4. The van der Waals surface area contributed by atoms with Gasteiger partial charge >= 0.3 is 5.97 Å². The number of carboxylic acid groups (broad SMARTS) is 1. The summed E-state index contributed by atoms with van der Waals surface area (Å²) in [5.41, 5.74) is 7.27. The molecule has 0 fully saturated rings. The fraction of sp³-hybridized carbons (Fsp3) is 0.429. The van der Waals surface area contributed by atoms with Crippen LogP contribution in [-0.2, 0) is 9.59 Å². The predicted molar refractivity (Wildman–Crippen MR) is 74.2 cm³/mol. The summed E-state index contributed by atoms with van der Waals surface area (Å²) < 4.78 is 0. The Hall–Kier alpha value is -1.88. The van der Waals surface area contributed by atoms with Gasteiger partial charge in [-0.05, 0) is 23.6 Å². The number of nitrogens with two attached hydrogens (primary N) is 1. The van der Waals surface area contributed by atoms with Gasteiger partial charge in [-0.1, -0.05) is 26.0 Å². The first-order valence-corrected chi connectivity index (χ1v) is 6.17. The monoisotopic (exact) mass is 264 g/mol. The second-order valence-corrected chi connectivity index (χ2v) is 4.85. The second kappa shape index (κ2) is 6.33. The fourth-order valence-electron chi connectivity index (χ4n) is 1.64. The average molecular weight is 264 g/mol. The Morgan fingerprint density at radius 3 is 2.21 bits per heavy atom. The van der Waals surface area contributed by atoms with E-state index in [9.17, 15) is 9.59 Å². The van der Waals surface area contributed by atoms with Crippen molar-refractivity contribution in [3.8, 4) is 0 Å². The molecule has 0 aliphatic heterocycles. The van der Waals surface area contributed by atoms with E-state index in [4.69, 9.17) is 10.8 Å². The zero-order chi connectivity index (χ0) is 14.6. The first-order valence-electron chi connectivity index (χ1n) is 6.17. The summed E-state index contributed by atoms with van der Waals surface area (Å²) in [5.74, 6) is -1.06. The maximum absolute atomic E-state index is 11.9. The van der Waals surface area contributed by atoms with Gasteiger partial charge in [-0.25, -0.2) is 0 Å². The molecule has 5 nitrogen and oxygen atoms in total. The van der Waals surface area contributed by atoms with Crippen LogP contribution in [0.1, 0.15) is 31.7 Å². The van der Waals surface area contributed by atoms with Gasteiger partial charge in [0.1, 0.15) is 6.04 Å². The van der Waals surface area contributed by atoms with Crippen molar-refractivity contribution in [2.24, 2.45) is 5.73 Å². The largest absolute Gasteiger partial charge is 0.480 e. The summed E-state index contributed by atoms with van der Waals surface area (Å²) in [6, 6.07) is 6.45. The number of hydrogen-bond donors (Lipinski definition) is 2. The summed E-state index contributed by atoms with van der Waals surface area (Å²) in [4.78, 5) is 23.9. The van der Waals surface area contributed by atoms with E-state index < -0.39 is 12.0 Å². The van der Waals surface area contributed by atoms with Crippen LogP contribution in [0.15, 0.2) is 24.3 Å². The highest BCUT2D eigenvalue weighted by Gasteiger charge is 2.19. The topological polar surface area (TPSA) is 83.6 Å². The Kier molecular flexibility index (Phi) is 5.06. The van der Waals surface area contributed by atoms with Crippen molar-refractivity contribution < 1.29 is 14.7 Å². The van der Waals surface area contributed by atoms with Gasteiger partial charge in [-0.2, -0.15) is 0 Å². The maximum atomic E-state index is 11.9. The van der Waals surface area contributed by atoms with E-state index in [1.807, 2.05) is 24.3 Å². The number of carbonyl (C=O) groups excluding carboxylic acids is 1. The minimum absolute atomic E-state index is 0.211. The lowest BCUT2D eigenvalue weighted by Crippen LogP contribution is -2.37. The molecule has 0 radical (unpaired) electrons. The molecule has 0 spiro atoms. The summed E-state index contributed by atoms with van der Waals surface area (Å²) in [7, 11) is 1.61. The van der Waals surface area contributed by atoms with Crippen molar-refractivity contribution in [3.63, 3.8) is 0 Å². The van der Waals surface area contributed by atoms with Crippen LogP contribution in [0.4, 0.5) is 5.69 Å². The molecule has 0 saturated heterocycles. The van der Waals surface area contributed by atoms with Gasteiger partial charge in [0.05, 0.1) is 6.42 Å². The number of carbonyl (C=O) groups is 2. The number of nitrogens with zero attached hydrogens (tertiary/aromatic N) is 1. The van der Waals surface area contributed by atoms with E-state index in [0.717, 1.165) is 5.69 Å². The molecule has 19 heavy (non-hydrogen) atoms. The lowest BCUT2D eigenvalue weighted by atomic mass is 10.0. The van der Waals surface area contributed by atoms with Gasteiger partial charge in [-0.3, -0.25) is 9.59 Å². The van der Waals surface area contributed by atoms with Crippen LogP contribution in [0.25, 0.3) is 0 Å². The zero-order valence-corrected chi connectivity index (χ0v) is 11.5. The van der Waals surface area contributed by atoms with Crippen LogP contribution in [0.2, 0.25) is 0 Å². The predicted octanol–water partition coefficient (Wildman–Crippen LogP) is 1.57. The van der Waals surface area contributed by atoms with E-state index in [1.165, 1.54) is 10.5 Å². The van der Waals surface area contributed by atoms with Crippen molar-refractivity contribution in [1.82, 2.24) is 0 Å². The van der Waals surface area contributed by atoms with E-state index >= 15 is 0 Å². The van der Waals surface area contributed by atoms with Crippen molar-refractivity contribution in [1.29, 1.82) is 0 Å². The molecule has 0 aliphatic rings. The smallest absolute Gasteiger partial charge is 0.321 e. The SMILES string of the molecule is CC(C)c1ccc(N(C)C(=O)CC(N)C(=O)O)cc1. The maximum Gasteiger partial charge on any atom is 0.321 e. The summed E-state index contributed by atoms with van der Waals surface area (Å²) >= 11 is 0. The van der Waals surface area contributed by atoms with Crippen LogP contribution in [-0.4, -0.2) is 30.1 Å². The van der Waals surface area contributed by atoms with Gasteiger partial charge in [0.15, 0.2) is 0 Å². The Balaban J connectivity index is 2.74. The molecule has 0 aliphatic carbocycles. The normalized spacial score (nSPS) is 12.3. The Morgan fingerprint density at radius 1 is 1.26 bits per heavy atom. The highest BCUT2D eigenvalue weighted by Crippen LogP contribution is 2.19. The van der Waals surface area contributed by atoms with E-state index in [2.05, 4.69) is 13.8 Å². The van der Waals surface area contributed by atoms with E-state index in [-0.39, 0.29) is 12.3 Å². The number of carboxylic acids is 1. The highest BCUT2D eigenvalue weighted by molar-refractivity contribution is 5.95. The van der Waals surface area contributed by atoms with E-state index in [0.29, 0.717) is 5.92 Å². The quantitative estimate of drug-likeness (QED) is 0.845. The third kappa shape index (κ3) is 4.06. The zero-order valence-electron chi connectivity index (χ0n) is 11.5. The van der Waals surface area contributed by atoms with Gasteiger partial charge in [0, 0.05) is 12.7 Å². The van der Waals surface area contributed by atoms with E-state index in [1.54, 1.807) is 7.05 Å². The number of rotatable bonds is 5.